The normalized spacial score (nSPS) is 11.9. The Morgan fingerprint density at radius 3 is 2.88 bits per heavy atom. The average Bonchev–Trinajstić information content (AvgIpc) is 2.62. The van der Waals surface area contributed by atoms with Crippen molar-refractivity contribution in [2.24, 2.45) is 0 Å². The Morgan fingerprint density at radius 1 is 1.21 bits per heavy atom. The first kappa shape index (κ1) is 15.9. The number of benzene rings is 1. The predicted octanol–water partition coefficient (Wildman–Crippen LogP) is 4.09. The van der Waals surface area contributed by atoms with Crippen LogP contribution in [0.3, 0.4) is 0 Å². The van der Waals surface area contributed by atoms with Crippen LogP contribution in [0.5, 0.6) is 0 Å². The molecule has 0 radical (unpaired) electrons. The third kappa shape index (κ3) is 3.51. The first-order valence-corrected chi connectivity index (χ1v) is 8.04. The fraction of sp³-hybridized carbons (Fsp3) is 0.211. The van der Waals surface area contributed by atoms with Crippen molar-refractivity contribution in [2.75, 3.05) is 10.6 Å². The zero-order valence-corrected chi connectivity index (χ0v) is 13.8. The lowest BCUT2D eigenvalue weighted by Gasteiger charge is -2.13. The van der Waals surface area contributed by atoms with Crippen LogP contribution in [0.15, 0.2) is 55.0 Å². The molecule has 5 nitrogen and oxygen atoms in total. The van der Waals surface area contributed by atoms with Gasteiger partial charge in [0.25, 0.3) is 5.91 Å². The lowest BCUT2D eigenvalue weighted by molar-refractivity contribution is 0.102. The Morgan fingerprint density at radius 2 is 2.04 bits per heavy atom. The van der Waals surface area contributed by atoms with E-state index in [1.54, 1.807) is 18.6 Å². The second-order valence-electron chi connectivity index (χ2n) is 5.75. The van der Waals surface area contributed by atoms with Crippen molar-refractivity contribution < 1.29 is 4.79 Å². The summed E-state index contributed by atoms with van der Waals surface area (Å²) in [6.07, 6.45) is 6.01. The minimum Gasteiger partial charge on any atom is -0.381 e. The number of nitrogens with zero attached hydrogens (tertiary/aromatic N) is 2. The van der Waals surface area contributed by atoms with Crippen molar-refractivity contribution in [1.82, 2.24) is 9.97 Å². The van der Waals surface area contributed by atoms with E-state index in [9.17, 15) is 4.79 Å². The SMILES string of the molecule is CCC(C)Nc1cncc(C(=O)Nc2cccc3cccnc23)c1. The van der Waals surface area contributed by atoms with E-state index in [0.717, 1.165) is 23.0 Å². The monoisotopic (exact) mass is 320 g/mol. The Balaban J connectivity index is 1.83. The summed E-state index contributed by atoms with van der Waals surface area (Å²) in [6.45, 7) is 4.20. The molecule has 0 aliphatic carbocycles. The van der Waals surface area contributed by atoms with Gasteiger partial charge < -0.3 is 10.6 Å². The minimum absolute atomic E-state index is 0.201. The molecule has 0 bridgehead atoms. The maximum atomic E-state index is 12.6. The van der Waals surface area contributed by atoms with Gasteiger partial charge in [0, 0.05) is 30.0 Å². The summed E-state index contributed by atoms with van der Waals surface area (Å²) in [5.41, 5.74) is 2.82. The fourth-order valence-corrected chi connectivity index (χ4v) is 2.43. The van der Waals surface area contributed by atoms with Crippen LogP contribution in [-0.4, -0.2) is 21.9 Å². The van der Waals surface area contributed by atoms with Crippen molar-refractivity contribution in [3.63, 3.8) is 0 Å². The summed E-state index contributed by atoms with van der Waals surface area (Å²) in [5.74, 6) is -0.201. The number of hydrogen-bond acceptors (Lipinski definition) is 4. The van der Waals surface area contributed by atoms with E-state index in [-0.39, 0.29) is 5.91 Å². The predicted molar refractivity (Wildman–Crippen MR) is 97.3 cm³/mol. The maximum absolute atomic E-state index is 12.6. The number of pyridine rings is 2. The number of carbonyl (C=O) groups is 1. The number of rotatable bonds is 5. The van der Waals surface area contributed by atoms with Gasteiger partial charge >= 0.3 is 0 Å². The molecule has 122 valence electrons. The number of para-hydroxylation sites is 1. The first-order chi connectivity index (χ1) is 11.7. The van der Waals surface area contributed by atoms with E-state index in [2.05, 4.69) is 34.4 Å². The summed E-state index contributed by atoms with van der Waals surface area (Å²) >= 11 is 0. The summed E-state index contributed by atoms with van der Waals surface area (Å²) in [7, 11) is 0. The topological polar surface area (TPSA) is 66.9 Å². The second-order valence-corrected chi connectivity index (χ2v) is 5.75. The number of nitrogens with one attached hydrogen (secondary N) is 2. The van der Waals surface area contributed by atoms with Crippen LogP contribution >= 0.6 is 0 Å². The highest BCUT2D eigenvalue weighted by Gasteiger charge is 2.10. The van der Waals surface area contributed by atoms with Crippen LogP contribution in [0.2, 0.25) is 0 Å². The van der Waals surface area contributed by atoms with Crippen LogP contribution in [0, 0.1) is 0 Å². The highest BCUT2D eigenvalue weighted by Crippen LogP contribution is 2.21. The molecule has 2 aromatic heterocycles. The number of aromatic nitrogens is 2. The Hall–Kier alpha value is -2.95. The molecule has 1 aromatic carbocycles. The van der Waals surface area contributed by atoms with E-state index in [0.29, 0.717) is 17.3 Å². The van der Waals surface area contributed by atoms with Crippen LogP contribution in [0.1, 0.15) is 30.6 Å². The molecule has 3 aromatic rings. The first-order valence-electron chi connectivity index (χ1n) is 8.04. The molecular formula is C19H20N4O. The molecule has 1 amide bonds. The maximum Gasteiger partial charge on any atom is 0.257 e. The van der Waals surface area contributed by atoms with Crippen molar-refractivity contribution in [2.45, 2.75) is 26.3 Å². The quantitative estimate of drug-likeness (QED) is 0.743. The minimum atomic E-state index is -0.201. The van der Waals surface area contributed by atoms with Gasteiger partial charge in [0.15, 0.2) is 0 Å². The molecule has 1 atom stereocenters. The van der Waals surface area contributed by atoms with Gasteiger partial charge in [-0.1, -0.05) is 25.1 Å². The lowest BCUT2D eigenvalue weighted by Crippen LogP contribution is -2.16. The summed E-state index contributed by atoms with van der Waals surface area (Å²) in [5, 5.41) is 7.24. The van der Waals surface area contributed by atoms with Gasteiger partial charge in [0.2, 0.25) is 0 Å². The molecule has 1 unspecified atom stereocenters. The zero-order chi connectivity index (χ0) is 16.9. The van der Waals surface area contributed by atoms with Gasteiger partial charge in [0.1, 0.15) is 0 Å². The molecule has 2 N–H and O–H groups in total. The molecule has 0 saturated heterocycles. The Bertz CT molecular complexity index is 857. The molecule has 0 aliphatic rings. The fourth-order valence-electron chi connectivity index (χ4n) is 2.43. The molecule has 5 heteroatoms. The van der Waals surface area contributed by atoms with Crippen molar-refractivity contribution in [3.8, 4) is 0 Å². The van der Waals surface area contributed by atoms with E-state index in [4.69, 9.17) is 0 Å². The number of anilines is 2. The molecule has 0 spiro atoms. The smallest absolute Gasteiger partial charge is 0.257 e. The van der Waals surface area contributed by atoms with Gasteiger partial charge in [-0.3, -0.25) is 14.8 Å². The Kier molecular flexibility index (Phi) is 4.70. The standard InChI is InChI=1S/C19H20N4O/c1-3-13(2)22-16-10-15(11-20-12-16)19(24)23-17-8-4-6-14-7-5-9-21-18(14)17/h4-13,22H,3H2,1-2H3,(H,23,24). The molecule has 3 rings (SSSR count). The molecule has 2 heterocycles. The number of carbonyl (C=O) groups excluding carboxylic acids is 1. The zero-order valence-electron chi connectivity index (χ0n) is 13.8. The highest BCUT2D eigenvalue weighted by molar-refractivity contribution is 6.08. The summed E-state index contributed by atoms with van der Waals surface area (Å²) in [4.78, 5) is 21.1. The Labute approximate surface area is 141 Å². The van der Waals surface area contributed by atoms with Crippen LogP contribution in [0.25, 0.3) is 10.9 Å². The molecular weight excluding hydrogens is 300 g/mol. The van der Waals surface area contributed by atoms with Gasteiger partial charge in [-0.2, -0.15) is 0 Å². The number of amides is 1. The van der Waals surface area contributed by atoms with Crippen LogP contribution < -0.4 is 10.6 Å². The van der Waals surface area contributed by atoms with Crippen molar-refractivity contribution in [3.05, 3.63) is 60.6 Å². The van der Waals surface area contributed by atoms with E-state index in [1.165, 1.54) is 0 Å². The van der Waals surface area contributed by atoms with Gasteiger partial charge in [-0.15, -0.1) is 0 Å². The molecule has 0 aliphatic heterocycles. The van der Waals surface area contributed by atoms with Crippen LogP contribution in [0.4, 0.5) is 11.4 Å². The largest absolute Gasteiger partial charge is 0.381 e. The van der Waals surface area contributed by atoms with Gasteiger partial charge in [-0.05, 0) is 31.5 Å². The number of hydrogen-bond donors (Lipinski definition) is 2. The summed E-state index contributed by atoms with van der Waals surface area (Å²) in [6, 6.07) is 11.7. The molecule has 0 fully saturated rings. The third-order valence-corrected chi connectivity index (χ3v) is 3.91. The molecule has 24 heavy (non-hydrogen) atoms. The highest BCUT2D eigenvalue weighted by atomic mass is 16.1. The summed E-state index contributed by atoms with van der Waals surface area (Å²) < 4.78 is 0. The van der Waals surface area contributed by atoms with E-state index < -0.39 is 0 Å². The van der Waals surface area contributed by atoms with E-state index in [1.807, 2.05) is 36.4 Å². The van der Waals surface area contributed by atoms with Gasteiger partial charge in [-0.25, -0.2) is 0 Å². The van der Waals surface area contributed by atoms with Gasteiger partial charge in [0.05, 0.1) is 22.5 Å². The second kappa shape index (κ2) is 7.08. The van der Waals surface area contributed by atoms with Crippen LogP contribution in [-0.2, 0) is 0 Å². The van der Waals surface area contributed by atoms with Crippen molar-refractivity contribution in [1.29, 1.82) is 0 Å². The lowest BCUT2D eigenvalue weighted by atomic mass is 10.1. The van der Waals surface area contributed by atoms with Crippen molar-refractivity contribution >= 4 is 28.2 Å². The average molecular weight is 320 g/mol. The molecule has 0 saturated carbocycles. The number of fused-ring (bicyclic) bond motifs is 1. The third-order valence-electron chi connectivity index (χ3n) is 3.91. The van der Waals surface area contributed by atoms with E-state index >= 15 is 0 Å².